The lowest BCUT2D eigenvalue weighted by Gasteiger charge is -2.28. The van der Waals surface area contributed by atoms with Gasteiger partial charge < -0.3 is 9.64 Å². The zero-order valence-electron chi connectivity index (χ0n) is 10.7. The Morgan fingerprint density at radius 1 is 1.32 bits per heavy atom. The monoisotopic (exact) mass is 296 g/mol. The molecule has 1 aromatic carbocycles. The quantitative estimate of drug-likeness (QED) is 0.842. The number of carbonyl (C=O) groups excluding carboxylic acids is 1. The number of hydrogen-bond acceptors (Lipinski definition) is 4. The molecule has 1 amide bonds. The minimum atomic E-state index is -0.175. The molecule has 19 heavy (non-hydrogen) atoms. The van der Waals surface area contributed by atoms with E-state index < -0.39 is 0 Å². The number of nitrogens with zero attached hydrogens (tertiary/aromatic N) is 1. The van der Waals surface area contributed by atoms with Gasteiger partial charge in [-0.15, -0.1) is 0 Å². The fourth-order valence-corrected chi connectivity index (χ4v) is 2.94. The normalized spacial score (nSPS) is 14.9. The summed E-state index contributed by atoms with van der Waals surface area (Å²) in [6, 6.07) is 6.97. The van der Waals surface area contributed by atoms with Crippen LogP contribution in [0.5, 0.6) is 5.75 Å². The standard InChI is InChI=1S/C13H16N2O2S2/c1-17-11-4-2-10(3-5-11)12(16)14-13(18)15-6-8-19-9-7-15/h2-5H,6-9H2,1H3,(H,14,16,18). The fraction of sp³-hybridized carbons (Fsp3) is 0.385. The van der Waals surface area contributed by atoms with E-state index in [9.17, 15) is 4.79 Å². The molecular weight excluding hydrogens is 280 g/mol. The van der Waals surface area contributed by atoms with Gasteiger partial charge in [-0.2, -0.15) is 11.8 Å². The first kappa shape index (κ1) is 14.1. The molecule has 0 unspecified atom stereocenters. The molecule has 0 aromatic heterocycles. The maximum atomic E-state index is 12.0. The van der Waals surface area contributed by atoms with Crippen molar-refractivity contribution in [3.63, 3.8) is 0 Å². The van der Waals surface area contributed by atoms with Crippen LogP contribution in [0, 0.1) is 0 Å². The Bertz CT molecular complexity index is 456. The predicted octanol–water partition coefficient (Wildman–Crippen LogP) is 1.76. The predicted molar refractivity (Wildman–Crippen MR) is 82.0 cm³/mol. The van der Waals surface area contributed by atoms with E-state index in [4.69, 9.17) is 17.0 Å². The van der Waals surface area contributed by atoms with Gasteiger partial charge in [-0.25, -0.2) is 0 Å². The number of rotatable bonds is 2. The number of hydrogen-bond donors (Lipinski definition) is 1. The van der Waals surface area contributed by atoms with Gasteiger partial charge in [0.05, 0.1) is 7.11 Å². The van der Waals surface area contributed by atoms with Crippen LogP contribution in [-0.4, -0.2) is 47.6 Å². The molecule has 1 aliphatic heterocycles. The highest BCUT2D eigenvalue weighted by molar-refractivity contribution is 7.99. The Labute approximate surface area is 122 Å². The summed E-state index contributed by atoms with van der Waals surface area (Å²) in [5, 5.41) is 3.29. The summed E-state index contributed by atoms with van der Waals surface area (Å²) in [5.41, 5.74) is 0.578. The van der Waals surface area contributed by atoms with Gasteiger partial charge in [0.2, 0.25) is 0 Å². The molecule has 102 valence electrons. The SMILES string of the molecule is COc1ccc(C(=O)NC(=S)N2CCSCC2)cc1. The summed E-state index contributed by atoms with van der Waals surface area (Å²) < 4.78 is 5.06. The minimum absolute atomic E-state index is 0.175. The lowest BCUT2D eigenvalue weighted by molar-refractivity contribution is 0.0973. The van der Waals surface area contributed by atoms with E-state index in [1.54, 1.807) is 31.4 Å². The van der Waals surface area contributed by atoms with Crippen molar-refractivity contribution in [1.82, 2.24) is 10.2 Å². The average molecular weight is 296 g/mol. The van der Waals surface area contributed by atoms with Crippen LogP contribution in [0.1, 0.15) is 10.4 Å². The molecule has 6 heteroatoms. The van der Waals surface area contributed by atoms with Crippen molar-refractivity contribution in [3.05, 3.63) is 29.8 Å². The molecule has 0 spiro atoms. The number of nitrogens with one attached hydrogen (secondary N) is 1. The second kappa shape index (κ2) is 6.77. The molecule has 0 saturated carbocycles. The van der Waals surface area contributed by atoms with Crippen molar-refractivity contribution in [2.75, 3.05) is 31.7 Å². The average Bonchev–Trinajstić information content (AvgIpc) is 2.48. The molecule has 1 aromatic rings. The maximum absolute atomic E-state index is 12.0. The van der Waals surface area contributed by atoms with Crippen LogP contribution in [0.25, 0.3) is 0 Å². The van der Waals surface area contributed by atoms with Gasteiger partial charge >= 0.3 is 0 Å². The summed E-state index contributed by atoms with van der Waals surface area (Å²) in [7, 11) is 1.60. The van der Waals surface area contributed by atoms with Crippen LogP contribution in [0.3, 0.4) is 0 Å². The van der Waals surface area contributed by atoms with Gasteiger partial charge in [0.1, 0.15) is 5.75 Å². The van der Waals surface area contributed by atoms with E-state index in [0.29, 0.717) is 10.7 Å². The molecule has 2 rings (SSSR count). The first-order chi connectivity index (χ1) is 9.20. The molecule has 0 radical (unpaired) electrons. The molecular formula is C13H16N2O2S2. The molecule has 1 fully saturated rings. The largest absolute Gasteiger partial charge is 0.497 e. The van der Waals surface area contributed by atoms with Crippen LogP contribution >= 0.6 is 24.0 Å². The molecule has 0 atom stereocenters. The highest BCUT2D eigenvalue weighted by atomic mass is 32.2. The van der Waals surface area contributed by atoms with Gasteiger partial charge in [0.15, 0.2) is 5.11 Å². The van der Waals surface area contributed by atoms with Crippen molar-refractivity contribution in [3.8, 4) is 5.75 Å². The highest BCUT2D eigenvalue weighted by Crippen LogP contribution is 2.12. The summed E-state index contributed by atoms with van der Waals surface area (Å²) in [4.78, 5) is 14.1. The maximum Gasteiger partial charge on any atom is 0.257 e. The molecule has 1 N–H and O–H groups in total. The third-order valence-corrected chi connectivity index (χ3v) is 4.17. The number of thioether (sulfide) groups is 1. The van der Waals surface area contributed by atoms with Crippen LogP contribution in [0.2, 0.25) is 0 Å². The number of benzene rings is 1. The van der Waals surface area contributed by atoms with Gasteiger partial charge in [0.25, 0.3) is 5.91 Å². The number of amides is 1. The topological polar surface area (TPSA) is 41.6 Å². The van der Waals surface area contributed by atoms with E-state index in [2.05, 4.69) is 5.32 Å². The third-order valence-electron chi connectivity index (χ3n) is 2.87. The van der Waals surface area contributed by atoms with Crippen molar-refractivity contribution in [2.45, 2.75) is 0 Å². The molecule has 1 saturated heterocycles. The molecule has 1 heterocycles. The second-order valence-electron chi connectivity index (χ2n) is 4.09. The van der Waals surface area contributed by atoms with Crippen LogP contribution in [0.4, 0.5) is 0 Å². The van der Waals surface area contributed by atoms with Crippen molar-refractivity contribution in [1.29, 1.82) is 0 Å². The van der Waals surface area contributed by atoms with E-state index >= 15 is 0 Å². The lowest BCUT2D eigenvalue weighted by atomic mass is 10.2. The molecule has 1 aliphatic rings. The lowest BCUT2D eigenvalue weighted by Crippen LogP contribution is -2.46. The molecule has 0 bridgehead atoms. The van der Waals surface area contributed by atoms with E-state index in [-0.39, 0.29) is 5.91 Å². The van der Waals surface area contributed by atoms with Crippen molar-refractivity contribution >= 4 is 35.0 Å². The van der Waals surface area contributed by atoms with Gasteiger partial charge in [-0.05, 0) is 36.5 Å². The van der Waals surface area contributed by atoms with E-state index in [1.807, 2.05) is 16.7 Å². The molecule has 0 aliphatic carbocycles. The van der Waals surface area contributed by atoms with Crippen molar-refractivity contribution < 1.29 is 9.53 Å². The number of carbonyl (C=O) groups is 1. The number of thiocarbonyl (C=S) groups is 1. The zero-order valence-corrected chi connectivity index (χ0v) is 12.4. The number of ether oxygens (including phenoxy) is 1. The first-order valence-corrected chi connectivity index (χ1v) is 7.59. The Balaban J connectivity index is 1.93. The zero-order chi connectivity index (χ0) is 13.7. The van der Waals surface area contributed by atoms with Gasteiger partial charge in [-0.3, -0.25) is 10.1 Å². The summed E-state index contributed by atoms with van der Waals surface area (Å²) in [6.45, 7) is 1.79. The number of methoxy groups -OCH3 is 1. The third kappa shape index (κ3) is 3.84. The second-order valence-corrected chi connectivity index (χ2v) is 5.70. The molecule has 4 nitrogen and oxygen atoms in total. The first-order valence-electron chi connectivity index (χ1n) is 6.03. The minimum Gasteiger partial charge on any atom is -0.497 e. The Hall–Kier alpha value is -1.27. The fourth-order valence-electron chi connectivity index (χ4n) is 1.76. The van der Waals surface area contributed by atoms with Crippen molar-refractivity contribution in [2.24, 2.45) is 0 Å². The van der Waals surface area contributed by atoms with Crippen LogP contribution in [0.15, 0.2) is 24.3 Å². The summed E-state index contributed by atoms with van der Waals surface area (Å²) in [5.74, 6) is 2.66. The summed E-state index contributed by atoms with van der Waals surface area (Å²) >= 11 is 7.17. The van der Waals surface area contributed by atoms with Gasteiger partial charge in [-0.1, -0.05) is 0 Å². The van der Waals surface area contributed by atoms with E-state index in [0.717, 1.165) is 30.3 Å². The smallest absolute Gasteiger partial charge is 0.257 e. The Morgan fingerprint density at radius 3 is 2.53 bits per heavy atom. The van der Waals surface area contributed by atoms with Gasteiger partial charge in [0, 0.05) is 30.2 Å². The van der Waals surface area contributed by atoms with Crippen LogP contribution < -0.4 is 10.1 Å². The highest BCUT2D eigenvalue weighted by Gasteiger charge is 2.16. The van der Waals surface area contributed by atoms with Crippen LogP contribution in [-0.2, 0) is 0 Å². The summed E-state index contributed by atoms with van der Waals surface area (Å²) in [6.07, 6.45) is 0. The van der Waals surface area contributed by atoms with E-state index in [1.165, 1.54) is 0 Å². The Morgan fingerprint density at radius 2 is 1.95 bits per heavy atom. The Kier molecular flexibility index (Phi) is 5.04.